The number of unbranched alkanes of at least 4 members (excludes halogenated alkanes) is 1. The maximum atomic E-state index is 14.1. The van der Waals surface area contributed by atoms with Crippen LogP contribution in [0.25, 0.3) is 0 Å². The summed E-state index contributed by atoms with van der Waals surface area (Å²) in [4.78, 5) is 23.2. The van der Waals surface area contributed by atoms with Crippen molar-refractivity contribution in [3.8, 4) is 0 Å². The summed E-state index contributed by atoms with van der Waals surface area (Å²) in [5.74, 6) is -0.153. The number of anilines is 1. The summed E-state index contributed by atoms with van der Waals surface area (Å²) in [6.07, 6.45) is 11.2. The lowest BCUT2D eigenvalue weighted by molar-refractivity contribution is -0.146. The SMILES string of the molecule is CN(C1CC(OCCCCc2ccc3c(n2)NCCC3)C1)C(C(=O)O)c1cc(F)cnc1C1CCC1. The fraction of sp³-hybridized carbons (Fsp3) is 0.607. The predicted octanol–water partition coefficient (Wildman–Crippen LogP) is 4.87. The third-order valence-electron chi connectivity index (χ3n) is 8.12. The van der Waals surface area contributed by atoms with Gasteiger partial charge in [0.2, 0.25) is 0 Å². The van der Waals surface area contributed by atoms with E-state index in [2.05, 4.69) is 22.4 Å². The van der Waals surface area contributed by atoms with E-state index < -0.39 is 17.8 Å². The van der Waals surface area contributed by atoms with Crippen molar-refractivity contribution in [2.24, 2.45) is 0 Å². The third-order valence-corrected chi connectivity index (χ3v) is 8.12. The summed E-state index contributed by atoms with van der Waals surface area (Å²) < 4.78 is 20.1. The molecule has 0 spiro atoms. The number of ether oxygens (including phenoxy) is 1. The lowest BCUT2D eigenvalue weighted by Crippen LogP contribution is -2.49. The van der Waals surface area contributed by atoms with Gasteiger partial charge >= 0.3 is 5.97 Å². The fourth-order valence-electron chi connectivity index (χ4n) is 5.62. The first-order valence-corrected chi connectivity index (χ1v) is 13.4. The Morgan fingerprint density at radius 2 is 2.11 bits per heavy atom. The van der Waals surface area contributed by atoms with Crippen molar-refractivity contribution < 1.29 is 19.0 Å². The van der Waals surface area contributed by atoms with Crippen molar-refractivity contribution >= 4 is 11.8 Å². The molecule has 8 heteroatoms. The quantitative estimate of drug-likeness (QED) is 0.429. The summed E-state index contributed by atoms with van der Waals surface area (Å²) in [5, 5.41) is 13.4. The van der Waals surface area contributed by atoms with Crippen LogP contribution < -0.4 is 5.32 Å². The number of nitrogens with one attached hydrogen (secondary N) is 1. The Bertz CT molecular complexity index is 1070. The molecule has 2 aromatic rings. The molecule has 0 aromatic carbocycles. The summed E-state index contributed by atoms with van der Waals surface area (Å²) in [6.45, 7) is 1.70. The van der Waals surface area contributed by atoms with Gasteiger partial charge in [-0.15, -0.1) is 0 Å². The number of pyridine rings is 2. The second-order valence-corrected chi connectivity index (χ2v) is 10.6. The maximum Gasteiger partial charge on any atom is 0.325 e. The van der Waals surface area contributed by atoms with Crippen molar-refractivity contribution in [3.05, 3.63) is 52.7 Å². The Balaban J connectivity index is 1.07. The zero-order valence-electron chi connectivity index (χ0n) is 21.1. The molecule has 0 radical (unpaired) electrons. The zero-order valence-corrected chi connectivity index (χ0v) is 21.1. The van der Waals surface area contributed by atoms with Crippen LogP contribution in [0.1, 0.15) is 85.8 Å². The van der Waals surface area contributed by atoms with E-state index in [1.165, 1.54) is 24.2 Å². The number of carboxylic acid groups (broad SMARTS) is 1. The van der Waals surface area contributed by atoms with Crippen LogP contribution in [0.3, 0.4) is 0 Å². The van der Waals surface area contributed by atoms with Crippen LogP contribution in [0.4, 0.5) is 10.2 Å². The number of fused-ring (bicyclic) bond motifs is 1. The van der Waals surface area contributed by atoms with Crippen LogP contribution in [0.2, 0.25) is 0 Å². The number of aromatic nitrogens is 2. The smallest absolute Gasteiger partial charge is 0.325 e. The van der Waals surface area contributed by atoms with Crippen LogP contribution in [-0.2, 0) is 22.4 Å². The topological polar surface area (TPSA) is 87.6 Å². The monoisotopic (exact) mass is 496 g/mol. The lowest BCUT2D eigenvalue weighted by atomic mass is 9.79. The molecule has 2 aliphatic carbocycles. The van der Waals surface area contributed by atoms with Gasteiger partial charge in [-0.25, -0.2) is 9.37 Å². The molecule has 2 saturated carbocycles. The Morgan fingerprint density at radius 3 is 2.86 bits per heavy atom. The van der Waals surface area contributed by atoms with Gasteiger partial charge < -0.3 is 15.2 Å². The summed E-state index contributed by atoms with van der Waals surface area (Å²) in [6, 6.07) is 4.91. The van der Waals surface area contributed by atoms with Crippen LogP contribution in [0, 0.1) is 5.82 Å². The predicted molar refractivity (Wildman–Crippen MR) is 136 cm³/mol. The number of carbonyl (C=O) groups is 1. The molecule has 2 N–H and O–H groups in total. The van der Waals surface area contributed by atoms with Crippen molar-refractivity contribution in [2.45, 2.75) is 88.3 Å². The van der Waals surface area contributed by atoms with Crippen LogP contribution >= 0.6 is 0 Å². The number of aliphatic carboxylic acids is 1. The zero-order chi connectivity index (χ0) is 25.1. The standard InChI is InChI=1S/C28H37FN4O3/c1-33(26(28(34)35)24-14-20(29)17-31-25(24)18-6-4-7-18)22-15-23(16-22)36-13-3-2-9-21-11-10-19-8-5-12-30-27(19)32-21/h10-11,14,17-18,22-23,26H,2-9,12-13,15-16H2,1H3,(H,30,32)(H,34,35). The van der Waals surface area contributed by atoms with Gasteiger partial charge in [0.25, 0.3) is 0 Å². The Kier molecular flexibility index (Phi) is 7.82. The van der Waals surface area contributed by atoms with Crippen molar-refractivity contribution in [1.29, 1.82) is 0 Å². The van der Waals surface area contributed by atoms with Gasteiger partial charge in [-0.05, 0) is 82.5 Å². The van der Waals surface area contributed by atoms with E-state index in [4.69, 9.17) is 9.72 Å². The minimum absolute atomic E-state index is 0.0980. The van der Waals surface area contributed by atoms with Gasteiger partial charge in [0.05, 0.1) is 12.3 Å². The summed E-state index contributed by atoms with van der Waals surface area (Å²) >= 11 is 0. The van der Waals surface area contributed by atoms with Gasteiger partial charge in [0.1, 0.15) is 17.7 Å². The highest BCUT2D eigenvalue weighted by Gasteiger charge is 2.40. The number of aryl methyl sites for hydroxylation is 2. The second-order valence-electron chi connectivity index (χ2n) is 10.6. The van der Waals surface area contributed by atoms with Gasteiger partial charge in [0, 0.05) is 42.1 Å². The maximum absolute atomic E-state index is 14.1. The first kappa shape index (κ1) is 25.1. The van der Waals surface area contributed by atoms with Gasteiger partial charge in [-0.1, -0.05) is 12.5 Å². The highest BCUT2D eigenvalue weighted by molar-refractivity contribution is 5.76. The van der Waals surface area contributed by atoms with E-state index in [0.717, 1.165) is 81.5 Å². The number of nitrogens with zero attached hydrogens (tertiary/aromatic N) is 3. The van der Waals surface area contributed by atoms with Crippen LogP contribution in [0.15, 0.2) is 24.4 Å². The molecule has 1 atom stereocenters. The van der Waals surface area contributed by atoms with E-state index in [9.17, 15) is 14.3 Å². The first-order valence-electron chi connectivity index (χ1n) is 13.4. The van der Waals surface area contributed by atoms with Crippen molar-refractivity contribution in [2.75, 3.05) is 25.5 Å². The highest BCUT2D eigenvalue weighted by atomic mass is 19.1. The molecule has 3 aliphatic rings. The van der Waals surface area contributed by atoms with Crippen LogP contribution in [0.5, 0.6) is 0 Å². The van der Waals surface area contributed by atoms with E-state index in [1.54, 1.807) is 0 Å². The molecule has 194 valence electrons. The molecule has 2 aromatic heterocycles. The van der Waals surface area contributed by atoms with E-state index in [-0.39, 0.29) is 18.1 Å². The molecule has 2 fully saturated rings. The van der Waals surface area contributed by atoms with Gasteiger partial charge in [-0.2, -0.15) is 0 Å². The number of hydrogen-bond donors (Lipinski definition) is 2. The molecule has 0 bridgehead atoms. The highest BCUT2D eigenvalue weighted by Crippen LogP contribution is 2.41. The Hall–Kier alpha value is -2.58. The number of rotatable bonds is 11. The van der Waals surface area contributed by atoms with E-state index in [1.807, 2.05) is 11.9 Å². The normalized spacial score (nSPS) is 22.3. The molecule has 3 heterocycles. The lowest BCUT2D eigenvalue weighted by Gasteiger charge is -2.43. The number of likely N-dealkylation sites (N-methyl/N-ethyl adjacent to an activating group) is 1. The molecule has 0 amide bonds. The number of hydrogen-bond acceptors (Lipinski definition) is 6. The van der Waals surface area contributed by atoms with Crippen molar-refractivity contribution in [1.82, 2.24) is 14.9 Å². The molecular formula is C28H37FN4O3. The number of carboxylic acids is 1. The molecule has 36 heavy (non-hydrogen) atoms. The van der Waals surface area contributed by atoms with Crippen molar-refractivity contribution in [3.63, 3.8) is 0 Å². The average molecular weight is 497 g/mol. The summed E-state index contributed by atoms with van der Waals surface area (Å²) in [5.41, 5.74) is 3.69. The molecule has 1 unspecified atom stereocenters. The molecule has 7 nitrogen and oxygen atoms in total. The van der Waals surface area contributed by atoms with E-state index >= 15 is 0 Å². The largest absolute Gasteiger partial charge is 0.480 e. The average Bonchev–Trinajstić information content (AvgIpc) is 2.80. The van der Waals surface area contributed by atoms with E-state index in [0.29, 0.717) is 12.2 Å². The first-order chi connectivity index (χ1) is 17.5. The molecule has 0 saturated heterocycles. The molecule has 1 aliphatic heterocycles. The Morgan fingerprint density at radius 1 is 1.28 bits per heavy atom. The van der Waals surface area contributed by atoms with Gasteiger partial charge in [0.15, 0.2) is 0 Å². The molecule has 5 rings (SSSR count). The Labute approximate surface area is 212 Å². The van der Waals surface area contributed by atoms with Gasteiger partial charge in [-0.3, -0.25) is 14.7 Å². The fourth-order valence-corrected chi connectivity index (χ4v) is 5.62. The third kappa shape index (κ3) is 5.54. The molecular weight excluding hydrogens is 459 g/mol. The minimum Gasteiger partial charge on any atom is -0.480 e. The second kappa shape index (κ2) is 11.2. The number of halogens is 1. The summed E-state index contributed by atoms with van der Waals surface area (Å²) in [7, 11) is 1.83. The minimum atomic E-state index is -0.958. The van der Waals surface area contributed by atoms with Crippen LogP contribution in [-0.4, -0.2) is 58.3 Å².